The van der Waals surface area contributed by atoms with Crippen LogP contribution in [0.25, 0.3) is 0 Å². The summed E-state index contributed by atoms with van der Waals surface area (Å²) in [4.78, 5) is 28.1. The number of Topliss-reactive ketones (excluding diaryl/α,β-unsaturated/α-hetero) is 1. The summed E-state index contributed by atoms with van der Waals surface area (Å²) in [5.74, 6) is 0.570. The van der Waals surface area contributed by atoms with Gasteiger partial charge in [0.15, 0.2) is 5.78 Å². The fraction of sp³-hybridized carbons (Fsp3) is 0.174. The largest absolute Gasteiger partial charge is 0.497 e. The number of nitrogens with one attached hydrogen (secondary N) is 2. The van der Waals surface area contributed by atoms with Crippen molar-refractivity contribution in [3.8, 4) is 5.75 Å². The molecule has 0 unspecified atom stereocenters. The molecule has 1 amide bonds. The van der Waals surface area contributed by atoms with Crippen LogP contribution in [0.4, 0.5) is 11.4 Å². The molecule has 0 radical (unpaired) electrons. The van der Waals surface area contributed by atoms with Crippen LogP contribution >= 0.6 is 0 Å². The van der Waals surface area contributed by atoms with E-state index in [1.165, 1.54) is 6.92 Å². The second-order valence-corrected chi connectivity index (χ2v) is 6.55. The molecule has 1 heterocycles. The summed E-state index contributed by atoms with van der Waals surface area (Å²) in [7, 11) is 1.63. The van der Waals surface area contributed by atoms with E-state index in [1.807, 2.05) is 36.4 Å². The molecule has 0 fully saturated rings. The van der Waals surface area contributed by atoms with E-state index < -0.39 is 0 Å². The molecule has 0 saturated carbocycles. The predicted molar refractivity (Wildman–Crippen MR) is 113 cm³/mol. The molecular formula is C23H23N3O3. The zero-order valence-corrected chi connectivity index (χ0v) is 16.4. The number of carbonyl (C=O) groups is 2. The highest BCUT2D eigenvalue weighted by molar-refractivity contribution is 5.95. The van der Waals surface area contributed by atoms with E-state index in [0.717, 1.165) is 22.7 Å². The van der Waals surface area contributed by atoms with Crippen LogP contribution in [0.1, 0.15) is 33.3 Å². The van der Waals surface area contributed by atoms with Gasteiger partial charge < -0.3 is 15.4 Å². The molecule has 6 nitrogen and oxygen atoms in total. The molecular weight excluding hydrogens is 366 g/mol. The number of benzene rings is 2. The van der Waals surface area contributed by atoms with Crippen molar-refractivity contribution in [1.82, 2.24) is 10.3 Å². The third-order valence-electron chi connectivity index (χ3n) is 4.41. The Morgan fingerprint density at radius 3 is 2.48 bits per heavy atom. The minimum atomic E-state index is -0.236. The van der Waals surface area contributed by atoms with E-state index in [4.69, 9.17) is 4.74 Å². The SMILES string of the molecule is COc1ccc(CCNC(=O)c2cc(Nc3cccc(C(C)=O)c3)ccn2)cc1. The molecule has 3 aromatic rings. The Kier molecular flexibility index (Phi) is 6.58. The van der Waals surface area contributed by atoms with Gasteiger partial charge in [-0.3, -0.25) is 14.6 Å². The van der Waals surface area contributed by atoms with Crippen LogP contribution in [0.5, 0.6) is 5.75 Å². The van der Waals surface area contributed by atoms with E-state index in [2.05, 4.69) is 15.6 Å². The Morgan fingerprint density at radius 2 is 1.76 bits per heavy atom. The minimum Gasteiger partial charge on any atom is -0.497 e. The second kappa shape index (κ2) is 9.50. The Labute approximate surface area is 169 Å². The highest BCUT2D eigenvalue weighted by atomic mass is 16.5. The van der Waals surface area contributed by atoms with Gasteiger partial charge in [-0.1, -0.05) is 24.3 Å². The summed E-state index contributed by atoms with van der Waals surface area (Å²) in [6.45, 7) is 2.03. The van der Waals surface area contributed by atoms with Crippen LogP contribution in [0.3, 0.4) is 0 Å². The maximum atomic E-state index is 12.4. The van der Waals surface area contributed by atoms with Crippen LogP contribution in [0.15, 0.2) is 66.9 Å². The first-order valence-electron chi connectivity index (χ1n) is 9.30. The second-order valence-electron chi connectivity index (χ2n) is 6.55. The molecule has 0 aliphatic heterocycles. The number of carbonyl (C=O) groups excluding carboxylic acids is 2. The highest BCUT2D eigenvalue weighted by Crippen LogP contribution is 2.18. The fourth-order valence-corrected chi connectivity index (χ4v) is 2.82. The van der Waals surface area contributed by atoms with Gasteiger partial charge >= 0.3 is 0 Å². The topological polar surface area (TPSA) is 80.3 Å². The molecule has 2 aromatic carbocycles. The standard InChI is InChI=1S/C23H23N3O3/c1-16(27)18-4-3-5-19(14-18)26-20-11-13-24-22(15-20)23(28)25-12-10-17-6-8-21(29-2)9-7-17/h3-9,11,13-15H,10,12H2,1-2H3,(H,24,26)(H,25,28). The molecule has 148 valence electrons. The van der Waals surface area contributed by atoms with Gasteiger partial charge in [-0.05, 0) is 55.3 Å². The molecule has 2 N–H and O–H groups in total. The number of aromatic nitrogens is 1. The van der Waals surface area contributed by atoms with Crippen LogP contribution in [0, 0.1) is 0 Å². The van der Waals surface area contributed by atoms with Crippen molar-refractivity contribution < 1.29 is 14.3 Å². The molecule has 1 aromatic heterocycles. The first kappa shape index (κ1) is 20.1. The normalized spacial score (nSPS) is 10.3. The van der Waals surface area contributed by atoms with Gasteiger partial charge in [0.05, 0.1) is 7.11 Å². The lowest BCUT2D eigenvalue weighted by Crippen LogP contribution is -2.26. The Hall–Kier alpha value is -3.67. The lowest BCUT2D eigenvalue weighted by atomic mass is 10.1. The number of rotatable bonds is 8. The van der Waals surface area contributed by atoms with Gasteiger partial charge in [0.25, 0.3) is 5.91 Å². The van der Waals surface area contributed by atoms with Crippen molar-refractivity contribution in [2.24, 2.45) is 0 Å². The number of methoxy groups -OCH3 is 1. The minimum absolute atomic E-state index is 0.000283. The van der Waals surface area contributed by atoms with Crippen molar-refractivity contribution in [2.45, 2.75) is 13.3 Å². The van der Waals surface area contributed by atoms with Crippen LogP contribution in [-0.2, 0) is 6.42 Å². The number of pyridine rings is 1. The predicted octanol–water partition coefficient (Wildman–Crippen LogP) is 4.01. The van der Waals surface area contributed by atoms with Crippen molar-refractivity contribution >= 4 is 23.1 Å². The highest BCUT2D eigenvalue weighted by Gasteiger charge is 2.08. The van der Waals surface area contributed by atoms with Crippen LogP contribution < -0.4 is 15.4 Å². The van der Waals surface area contributed by atoms with Crippen molar-refractivity contribution in [1.29, 1.82) is 0 Å². The molecule has 29 heavy (non-hydrogen) atoms. The van der Waals surface area contributed by atoms with E-state index in [9.17, 15) is 9.59 Å². The van der Waals surface area contributed by atoms with Gasteiger partial charge in [-0.2, -0.15) is 0 Å². The van der Waals surface area contributed by atoms with E-state index in [0.29, 0.717) is 24.2 Å². The summed E-state index contributed by atoms with van der Waals surface area (Å²) >= 11 is 0. The quantitative estimate of drug-likeness (QED) is 0.569. The number of hydrogen-bond donors (Lipinski definition) is 2. The molecule has 6 heteroatoms. The smallest absolute Gasteiger partial charge is 0.269 e. The van der Waals surface area contributed by atoms with Gasteiger partial charge in [0.1, 0.15) is 11.4 Å². The number of ether oxygens (including phenoxy) is 1. The zero-order chi connectivity index (χ0) is 20.6. The fourth-order valence-electron chi connectivity index (χ4n) is 2.82. The van der Waals surface area contributed by atoms with E-state index in [-0.39, 0.29) is 11.7 Å². The summed E-state index contributed by atoms with van der Waals surface area (Å²) in [6.07, 6.45) is 2.29. The number of ketones is 1. The first-order chi connectivity index (χ1) is 14.0. The van der Waals surface area contributed by atoms with E-state index >= 15 is 0 Å². The molecule has 0 bridgehead atoms. The molecule has 0 aliphatic carbocycles. The summed E-state index contributed by atoms with van der Waals surface area (Å²) in [5.41, 5.74) is 3.56. The van der Waals surface area contributed by atoms with Crippen molar-refractivity contribution in [3.05, 3.63) is 83.7 Å². The zero-order valence-electron chi connectivity index (χ0n) is 16.4. The van der Waals surface area contributed by atoms with Gasteiger partial charge in [0, 0.05) is 29.7 Å². The third kappa shape index (κ3) is 5.65. The number of anilines is 2. The van der Waals surface area contributed by atoms with E-state index in [1.54, 1.807) is 37.6 Å². The van der Waals surface area contributed by atoms with Crippen molar-refractivity contribution in [2.75, 3.05) is 19.0 Å². The summed E-state index contributed by atoms with van der Waals surface area (Å²) in [6, 6.07) is 18.4. The van der Waals surface area contributed by atoms with Gasteiger partial charge in [-0.25, -0.2) is 0 Å². The summed E-state index contributed by atoms with van der Waals surface area (Å²) < 4.78 is 5.14. The molecule has 0 aliphatic rings. The maximum Gasteiger partial charge on any atom is 0.269 e. The van der Waals surface area contributed by atoms with Crippen LogP contribution in [0.2, 0.25) is 0 Å². The summed E-state index contributed by atoms with van der Waals surface area (Å²) in [5, 5.41) is 6.09. The lowest BCUT2D eigenvalue weighted by molar-refractivity contribution is 0.0948. The molecule has 0 saturated heterocycles. The number of nitrogens with zero attached hydrogens (tertiary/aromatic N) is 1. The monoisotopic (exact) mass is 389 g/mol. The number of amides is 1. The Balaban J connectivity index is 1.58. The first-order valence-corrected chi connectivity index (χ1v) is 9.30. The molecule has 0 atom stereocenters. The van der Waals surface area contributed by atoms with Crippen molar-refractivity contribution in [3.63, 3.8) is 0 Å². The number of hydrogen-bond acceptors (Lipinski definition) is 5. The molecule has 0 spiro atoms. The maximum absolute atomic E-state index is 12.4. The molecule has 3 rings (SSSR count). The van der Waals surface area contributed by atoms with Gasteiger partial charge in [0.2, 0.25) is 0 Å². The average Bonchev–Trinajstić information content (AvgIpc) is 2.74. The Morgan fingerprint density at radius 1 is 1.00 bits per heavy atom. The lowest BCUT2D eigenvalue weighted by Gasteiger charge is -2.09. The third-order valence-corrected chi connectivity index (χ3v) is 4.41. The van der Waals surface area contributed by atoms with Crippen LogP contribution in [-0.4, -0.2) is 30.3 Å². The average molecular weight is 389 g/mol. The van der Waals surface area contributed by atoms with Gasteiger partial charge in [-0.15, -0.1) is 0 Å². The Bertz CT molecular complexity index is 1000.